The fourth-order valence-corrected chi connectivity index (χ4v) is 2.48. The van der Waals surface area contributed by atoms with Gasteiger partial charge in [0.25, 0.3) is 0 Å². The van der Waals surface area contributed by atoms with Crippen molar-refractivity contribution >= 4 is 17.5 Å². The first kappa shape index (κ1) is 17.0. The lowest BCUT2D eigenvalue weighted by Crippen LogP contribution is -2.40. The number of benzene rings is 1. The van der Waals surface area contributed by atoms with Gasteiger partial charge in [0.2, 0.25) is 0 Å². The number of rotatable bonds is 5. The second kappa shape index (κ2) is 7.38. The lowest BCUT2D eigenvalue weighted by molar-refractivity contribution is -0.144. The second-order valence-corrected chi connectivity index (χ2v) is 5.95. The zero-order valence-electron chi connectivity index (χ0n) is 13.9. The maximum atomic E-state index is 13.9. The molecule has 1 saturated carbocycles. The SMILES string of the molecule is CCc1ncc(NC(=O)C(=O)N(Cc2ccccc2F)C2CC2)cn1. The molecule has 0 aliphatic heterocycles. The molecular formula is C18H19FN4O2. The Morgan fingerprint density at radius 2 is 1.92 bits per heavy atom. The van der Waals surface area contributed by atoms with E-state index in [-0.39, 0.29) is 18.4 Å². The number of nitrogens with zero attached hydrogens (tertiary/aromatic N) is 3. The van der Waals surface area contributed by atoms with Gasteiger partial charge in [-0.3, -0.25) is 9.59 Å². The molecule has 1 aromatic carbocycles. The third-order valence-electron chi connectivity index (χ3n) is 4.02. The van der Waals surface area contributed by atoms with Gasteiger partial charge in [-0.15, -0.1) is 0 Å². The van der Waals surface area contributed by atoms with Gasteiger partial charge in [-0.1, -0.05) is 25.1 Å². The fourth-order valence-electron chi connectivity index (χ4n) is 2.48. The molecule has 2 amide bonds. The van der Waals surface area contributed by atoms with Crippen LogP contribution in [0.3, 0.4) is 0 Å². The van der Waals surface area contributed by atoms with Gasteiger partial charge in [0.05, 0.1) is 18.1 Å². The maximum Gasteiger partial charge on any atom is 0.314 e. The Hall–Kier alpha value is -2.83. The van der Waals surface area contributed by atoms with Crippen molar-refractivity contribution in [3.8, 4) is 0 Å². The smallest absolute Gasteiger partial charge is 0.314 e. The lowest BCUT2D eigenvalue weighted by atomic mass is 10.2. The summed E-state index contributed by atoms with van der Waals surface area (Å²) in [5, 5.41) is 2.51. The van der Waals surface area contributed by atoms with Crippen molar-refractivity contribution in [2.45, 2.75) is 38.8 Å². The van der Waals surface area contributed by atoms with Gasteiger partial charge in [0, 0.05) is 24.6 Å². The van der Waals surface area contributed by atoms with Crippen LogP contribution in [0.25, 0.3) is 0 Å². The molecule has 0 bridgehead atoms. The highest BCUT2D eigenvalue weighted by molar-refractivity contribution is 6.39. The van der Waals surface area contributed by atoms with Crippen molar-refractivity contribution in [2.24, 2.45) is 0 Å². The third-order valence-corrected chi connectivity index (χ3v) is 4.02. The topological polar surface area (TPSA) is 75.2 Å². The molecular weight excluding hydrogens is 323 g/mol. The van der Waals surface area contributed by atoms with Crippen LogP contribution < -0.4 is 5.32 Å². The van der Waals surface area contributed by atoms with Gasteiger partial charge in [0.1, 0.15) is 11.6 Å². The molecule has 1 heterocycles. The first-order valence-corrected chi connectivity index (χ1v) is 8.24. The predicted octanol–water partition coefficient (Wildman–Crippen LogP) is 2.31. The Bertz CT molecular complexity index is 775. The molecule has 1 aliphatic carbocycles. The summed E-state index contributed by atoms with van der Waals surface area (Å²) in [6.07, 6.45) is 5.26. The highest BCUT2D eigenvalue weighted by Gasteiger charge is 2.36. The molecule has 2 aromatic rings. The number of aromatic nitrogens is 2. The molecule has 7 heteroatoms. The third kappa shape index (κ3) is 4.17. The van der Waals surface area contributed by atoms with E-state index in [1.54, 1.807) is 18.2 Å². The molecule has 0 atom stereocenters. The van der Waals surface area contributed by atoms with Crippen LogP contribution in [0.15, 0.2) is 36.7 Å². The largest absolute Gasteiger partial charge is 0.327 e. The van der Waals surface area contributed by atoms with Gasteiger partial charge in [0.15, 0.2) is 0 Å². The van der Waals surface area contributed by atoms with Gasteiger partial charge in [-0.05, 0) is 18.9 Å². The van der Waals surface area contributed by atoms with E-state index in [1.165, 1.54) is 23.4 Å². The summed E-state index contributed by atoms with van der Waals surface area (Å²) in [6, 6.07) is 6.25. The van der Waals surface area contributed by atoms with Gasteiger partial charge < -0.3 is 10.2 Å². The molecule has 1 aromatic heterocycles. The summed E-state index contributed by atoms with van der Waals surface area (Å²) >= 11 is 0. The van der Waals surface area contributed by atoms with E-state index in [1.807, 2.05) is 6.92 Å². The summed E-state index contributed by atoms with van der Waals surface area (Å²) in [5.74, 6) is -1.17. The Morgan fingerprint density at radius 3 is 2.52 bits per heavy atom. The highest BCUT2D eigenvalue weighted by Crippen LogP contribution is 2.29. The average molecular weight is 342 g/mol. The van der Waals surface area contributed by atoms with Crippen LogP contribution in [0.4, 0.5) is 10.1 Å². The van der Waals surface area contributed by atoms with Crippen molar-refractivity contribution < 1.29 is 14.0 Å². The van der Waals surface area contributed by atoms with Crippen LogP contribution in [0.2, 0.25) is 0 Å². The van der Waals surface area contributed by atoms with E-state index in [0.717, 1.165) is 12.8 Å². The Morgan fingerprint density at radius 1 is 1.24 bits per heavy atom. The first-order valence-electron chi connectivity index (χ1n) is 8.24. The molecule has 0 radical (unpaired) electrons. The number of anilines is 1. The second-order valence-electron chi connectivity index (χ2n) is 5.95. The summed E-state index contributed by atoms with van der Waals surface area (Å²) in [4.78, 5) is 34.4. The number of aryl methyl sites for hydroxylation is 1. The van der Waals surface area contributed by atoms with E-state index in [9.17, 15) is 14.0 Å². The molecule has 0 unspecified atom stereocenters. The van der Waals surface area contributed by atoms with E-state index in [4.69, 9.17) is 0 Å². The first-order chi connectivity index (χ1) is 12.1. The number of amides is 2. The summed E-state index contributed by atoms with van der Waals surface area (Å²) < 4.78 is 13.9. The van der Waals surface area contributed by atoms with E-state index in [0.29, 0.717) is 23.5 Å². The number of halogens is 1. The summed E-state index contributed by atoms with van der Waals surface area (Å²) in [5.41, 5.74) is 0.753. The Kier molecular flexibility index (Phi) is 5.02. The molecule has 6 nitrogen and oxygen atoms in total. The number of hydrogen-bond acceptors (Lipinski definition) is 4. The standard InChI is InChI=1S/C18H19FN4O2/c1-2-16-20-9-13(10-21-16)22-17(24)18(25)23(14-7-8-14)11-12-5-3-4-6-15(12)19/h3-6,9-10,14H,2,7-8,11H2,1H3,(H,22,24). The molecule has 25 heavy (non-hydrogen) atoms. The van der Waals surface area contributed by atoms with Crippen LogP contribution in [-0.2, 0) is 22.6 Å². The van der Waals surface area contributed by atoms with Crippen LogP contribution >= 0.6 is 0 Å². The summed E-state index contributed by atoms with van der Waals surface area (Å²) in [6.45, 7) is 2.00. The molecule has 1 aliphatic rings. The number of hydrogen-bond donors (Lipinski definition) is 1. The van der Waals surface area contributed by atoms with Crippen LogP contribution in [0.1, 0.15) is 31.2 Å². The fraction of sp³-hybridized carbons (Fsp3) is 0.333. The zero-order valence-corrected chi connectivity index (χ0v) is 13.9. The van der Waals surface area contributed by atoms with Crippen molar-refractivity contribution in [1.82, 2.24) is 14.9 Å². The molecule has 1 fully saturated rings. The minimum Gasteiger partial charge on any atom is -0.327 e. The van der Waals surface area contributed by atoms with Crippen molar-refractivity contribution in [3.05, 3.63) is 53.9 Å². The van der Waals surface area contributed by atoms with Crippen molar-refractivity contribution in [3.63, 3.8) is 0 Å². The van der Waals surface area contributed by atoms with Crippen molar-refractivity contribution in [2.75, 3.05) is 5.32 Å². The molecule has 130 valence electrons. The Balaban J connectivity index is 1.69. The quantitative estimate of drug-likeness (QED) is 0.846. The monoisotopic (exact) mass is 342 g/mol. The van der Waals surface area contributed by atoms with Gasteiger partial charge in [-0.2, -0.15) is 0 Å². The highest BCUT2D eigenvalue weighted by atomic mass is 19.1. The maximum absolute atomic E-state index is 13.9. The van der Waals surface area contributed by atoms with Gasteiger partial charge in [-0.25, -0.2) is 14.4 Å². The normalized spacial score (nSPS) is 13.4. The number of carbonyl (C=O) groups is 2. The van der Waals surface area contributed by atoms with Crippen LogP contribution in [0.5, 0.6) is 0 Å². The summed E-state index contributed by atoms with van der Waals surface area (Å²) in [7, 11) is 0. The lowest BCUT2D eigenvalue weighted by Gasteiger charge is -2.22. The zero-order chi connectivity index (χ0) is 17.8. The predicted molar refractivity (Wildman–Crippen MR) is 90.0 cm³/mol. The van der Waals surface area contributed by atoms with Crippen molar-refractivity contribution in [1.29, 1.82) is 0 Å². The minimum atomic E-state index is -0.768. The van der Waals surface area contributed by atoms with E-state index < -0.39 is 11.8 Å². The molecule has 0 saturated heterocycles. The molecule has 0 spiro atoms. The van der Waals surface area contributed by atoms with E-state index >= 15 is 0 Å². The van der Waals surface area contributed by atoms with E-state index in [2.05, 4.69) is 15.3 Å². The minimum absolute atomic E-state index is 0.0171. The van der Waals surface area contributed by atoms with Crippen LogP contribution in [0, 0.1) is 5.82 Å². The Labute approximate surface area is 145 Å². The van der Waals surface area contributed by atoms with Gasteiger partial charge >= 0.3 is 11.8 Å². The van der Waals surface area contributed by atoms with Crippen LogP contribution in [-0.4, -0.2) is 32.7 Å². The average Bonchev–Trinajstić information content (AvgIpc) is 3.46. The molecule has 1 N–H and O–H groups in total. The molecule has 3 rings (SSSR count). The number of carbonyl (C=O) groups excluding carboxylic acids is 2. The number of nitrogens with one attached hydrogen (secondary N) is 1.